The molecule has 0 spiro atoms. The van der Waals surface area contributed by atoms with E-state index in [4.69, 9.17) is 4.74 Å². The van der Waals surface area contributed by atoms with Gasteiger partial charge in [0, 0.05) is 18.2 Å². The molecule has 0 amide bonds. The molecule has 4 nitrogen and oxygen atoms in total. The SMILES string of the molecule is COc1ccc(C)cc1CC(=O)C(C)S(C)(=O)=O. The van der Waals surface area contributed by atoms with Crippen LogP contribution in [0.15, 0.2) is 18.2 Å². The molecule has 0 aliphatic heterocycles. The number of carbonyl (C=O) groups excluding carboxylic acids is 1. The molecule has 1 aromatic rings. The number of benzene rings is 1. The Kier molecular flexibility index (Phi) is 4.51. The van der Waals surface area contributed by atoms with Crippen LogP contribution in [0, 0.1) is 6.92 Å². The first-order valence-corrected chi connectivity index (χ1v) is 7.56. The van der Waals surface area contributed by atoms with Gasteiger partial charge in [0.2, 0.25) is 0 Å². The summed E-state index contributed by atoms with van der Waals surface area (Å²) in [6, 6.07) is 5.50. The third kappa shape index (κ3) is 3.57. The number of Topliss-reactive ketones (excluding diaryl/α,β-unsaturated/α-hetero) is 1. The summed E-state index contributed by atoms with van der Waals surface area (Å²) in [4.78, 5) is 11.9. The van der Waals surface area contributed by atoms with Crippen LogP contribution in [-0.2, 0) is 21.1 Å². The van der Waals surface area contributed by atoms with E-state index in [0.29, 0.717) is 5.75 Å². The third-order valence-electron chi connectivity index (χ3n) is 2.90. The first kappa shape index (κ1) is 14.7. The summed E-state index contributed by atoms with van der Waals surface area (Å²) in [5, 5.41) is -0.984. The van der Waals surface area contributed by atoms with Gasteiger partial charge in [-0.05, 0) is 19.9 Å². The van der Waals surface area contributed by atoms with E-state index in [1.807, 2.05) is 19.1 Å². The van der Waals surface area contributed by atoms with Gasteiger partial charge in [-0.1, -0.05) is 17.7 Å². The van der Waals surface area contributed by atoms with Crippen molar-refractivity contribution in [3.05, 3.63) is 29.3 Å². The minimum atomic E-state index is -3.34. The van der Waals surface area contributed by atoms with E-state index in [2.05, 4.69) is 0 Å². The first-order valence-electron chi connectivity index (χ1n) is 5.60. The fraction of sp³-hybridized carbons (Fsp3) is 0.462. The predicted molar refractivity (Wildman–Crippen MR) is 70.7 cm³/mol. The van der Waals surface area contributed by atoms with Crippen LogP contribution in [0.5, 0.6) is 5.75 Å². The molecular formula is C13H18O4S. The molecule has 0 saturated carbocycles. The molecule has 0 radical (unpaired) electrons. The molecule has 100 valence electrons. The number of methoxy groups -OCH3 is 1. The number of carbonyl (C=O) groups is 1. The highest BCUT2D eigenvalue weighted by Gasteiger charge is 2.24. The zero-order valence-electron chi connectivity index (χ0n) is 11.1. The van der Waals surface area contributed by atoms with E-state index in [-0.39, 0.29) is 12.2 Å². The van der Waals surface area contributed by atoms with Crippen LogP contribution >= 0.6 is 0 Å². The number of ether oxygens (including phenoxy) is 1. The van der Waals surface area contributed by atoms with Gasteiger partial charge in [-0.15, -0.1) is 0 Å². The lowest BCUT2D eigenvalue weighted by molar-refractivity contribution is -0.117. The smallest absolute Gasteiger partial charge is 0.157 e. The van der Waals surface area contributed by atoms with Crippen molar-refractivity contribution in [1.82, 2.24) is 0 Å². The number of sulfone groups is 1. The summed E-state index contributed by atoms with van der Waals surface area (Å²) in [5.74, 6) is 0.288. The van der Waals surface area contributed by atoms with Gasteiger partial charge in [-0.25, -0.2) is 8.42 Å². The number of rotatable bonds is 5. The summed E-state index contributed by atoms with van der Waals surface area (Å²) in [7, 11) is -1.82. The maximum absolute atomic E-state index is 11.9. The monoisotopic (exact) mass is 270 g/mol. The van der Waals surface area contributed by atoms with E-state index in [0.717, 1.165) is 17.4 Å². The van der Waals surface area contributed by atoms with Gasteiger partial charge in [-0.3, -0.25) is 4.79 Å². The molecule has 0 aliphatic rings. The molecule has 0 aliphatic carbocycles. The van der Waals surface area contributed by atoms with Crippen molar-refractivity contribution in [3.63, 3.8) is 0 Å². The second-order valence-electron chi connectivity index (χ2n) is 4.43. The molecule has 1 atom stereocenters. The van der Waals surface area contributed by atoms with E-state index >= 15 is 0 Å². The van der Waals surface area contributed by atoms with E-state index in [1.54, 1.807) is 6.07 Å². The third-order valence-corrected chi connectivity index (χ3v) is 4.44. The molecule has 0 fully saturated rings. The molecular weight excluding hydrogens is 252 g/mol. The number of hydrogen-bond donors (Lipinski definition) is 0. The average Bonchev–Trinajstić information content (AvgIpc) is 2.27. The van der Waals surface area contributed by atoms with Crippen LogP contribution in [-0.4, -0.2) is 32.8 Å². The van der Waals surface area contributed by atoms with Crippen LogP contribution in [0.25, 0.3) is 0 Å². The normalized spacial score (nSPS) is 13.1. The Hall–Kier alpha value is -1.36. The van der Waals surface area contributed by atoms with Crippen molar-refractivity contribution in [2.45, 2.75) is 25.5 Å². The first-order chi connectivity index (χ1) is 8.25. The summed E-state index contributed by atoms with van der Waals surface area (Å²) < 4.78 is 27.8. The molecule has 0 aromatic heterocycles. The minimum Gasteiger partial charge on any atom is -0.496 e. The zero-order chi connectivity index (χ0) is 13.9. The van der Waals surface area contributed by atoms with Gasteiger partial charge in [0.1, 0.15) is 11.0 Å². The van der Waals surface area contributed by atoms with Crippen molar-refractivity contribution >= 4 is 15.6 Å². The highest BCUT2D eigenvalue weighted by atomic mass is 32.2. The average molecular weight is 270 g/mol. The molecule has 5 heteroatoms. The minimum absolute atomic E-state index is 0.0685. The van der Waals surface area contributed by atoms with Gasteiger partial charge >= 0.3 is 0 Å². The Morgan fingerprint density at radius 1 is 1.39 bits per heavy atom. The summed E-state index contributed by atoms with van der Waals surface area (Å²) in [5.41, 5.74) is 1.73. The fourth-order valence-electron chi connectivity index (χ4n) is 1.62. The van der Waals surface area contributed by atoms with Crippen LogP contribution < -0.4 is 4.74 Å². The van der Waals surface area contributed by atoms with Gasteiger partial charge in [0.15, 0.2) is 15.6 Å². The van der Waals surface area contributed by atoms with Crippen molar-refractivity contribution in [1.29, 1.82) is 0 Å². The Labute approximate surface area is 108 Å². The Morgan fingerprint density at radius 3 is 2.50 bits per heavy atom. The zero-order valence-corrected chi connectivity index (χ0v) is 11.9. The summed E-state index contributed by atoms with van der Waals surface area (Å²) >= 11 is 0. The van der Waals surface area contributed by atoms with E-state index < -0.39 is 15.1 Å². The fourth-order valence-corrected chi connectivity index (χ4v) is 2.18. The van der Waals surface area contributed by atoms with Gasteiger partial charge in [-0.2, -0.15) is 0 Å². The molecule has 1 rings (SSSR count). The number of hydrogen-bond acceptors (Lipinski definition) is 4. The van der Waals surface area contributed by atoms with Crippen LogP contribution in [0.3, 0.4) is 0 Å². The van der Waals surface area contributed by atoms with Crippen molar-refractivity contribution in [2.24, 2.45) is 0 Å². The van der Waals surface area contributed by atoms with Gasteiger partial charge < -0.3 is 4.74 Å². The standard InChI is InChI=1S/C13H18O4S/c1-9-5-6-13(17-3)11(7-9)8-12(14)10(2)18(4,15)16/h5-7,10H,8H2,1-4H3. The highest BCUT2D eigenvalue weighted by molar-refractivity contribution is 7.92. The number of ketones is 1. The number of aryl methyl sites for hydroxylation is 1. The predicted octanol–water partition coefficient (Wildman–Crippen LogP) is 1.55. The van der Waals surface area contributed by atoms with Crippen molar-refractivity contribution in [3.8, 4) is 5.75 Å². The lowest BCUT2D eigenvalue weighted by atomic mass is 10.0. The molecule has 1 aromatic carbocycles. The second kappa shape index (κ2) is 5.52. The largest absolute Gasteiger partial charge is 0.496 e. The Bertz CT molecular complexity index is 546. The lowest BCUT2D eigenvalue weighted by Crippen LogP contribution is -2.27. The van der Waals surface area contributed by atoms with Crippen molar-refractivity contribution < 1.29 is 17.9 Å². The lowest BCUT2D eigenvalue weighted by Gasteiger charge is -2.11. The Morgan fingerprint density at radius 2 is 2.00 bits per heavy atom. The highest BCUT2D eigenvalue weighted by Crippen LogP contribution is 2.21. The maximum atomic E-state index is 11.9. The summed E-state index contributed by atoms with van der Waals surface area (Å²) in [6.45, 7) is 3.33. The summed E-state index contributed by atoms with van der Waals surface area (Å²) in [6.07, 6.45) is 1.14. The topological polar surface area (TPSA) is 60.4 Å². The van der Waals surface area contributed by atoms with Crippen LogP contribution in [0.4, 0.5) is 0 Å². The molecule has 0 saturated heterocycles. The van der Waals surface area contributed by atoms with E-state index in [1.165, 1.54) is 14.0 Å². The quantitative estimate of drug-likeness (QED) is 0.814. The van der Waals surface area contributed by atoms with Gasteiger partial charge in [0.05, 0.1) is 7.11 Å². The molecule has 0 heterocycles. The second-order valence-corrected chi connectivity index (χ2v) is 6.80. The van der Waals surface area contributed by atoms with Crippen LogP contribution in [0.2, 0.25) is 0 Å². The Balaban J connectivity index is 2.98. The molecule has 1 unspecified atom stereocenters. The van der Waals surface area contributed by atoms with Crippen molar-refractivity contribution in [2.75, 3.05) is 13.4 Å². The molecule has 0 N–H and O–H groups in total. The molecule has 0 bridgehead atoms. The van der Waals surface area contributed by atoms with E-state index in [9.17, 15) is 13.2 Å². The van der Waals surface area contributed by atoms with Gasteiger partial charge in [0.25, 0.3) is 0 Å². The maximum Gasteiger partial charge on any atom is 0.157 e. The van der Waals surface area contributed by atoms with Crippen LogP contribution in [0.1, 0.15) is 18.1 Å². The molecule has 18 heavy (non-hydrogen) atoms.